The molecule has 0 saturated heterocycles. The molecule has 0 fully saturated rings. The first kappa shape index (κ1) is 22.3. The molecule has 0 heterocycles. The smallest absolute Gasteiger partial charge is 0.407 e. The SMILES string of the molecule is COc1ccc(CCC(NC(=O)OCC2c3ccccc3-c3ccccc32)C(=O)O)cc1F. The van der Waals surface area contributed by atoms with Gasteiger partial charge in [-0.1, -0.05) is 54.6 Å². The Kier molecular flexibility index (Phi) is 6.58. The molecule has 1 aliphatic carbocycles. The molecule has 0 radical (unpaired) electrons. The molecule has 0 aromatic heterocycles. The minimum atomic E-state index is -1.18. The number of aryl methyl sites for hydroxylation is 1. The van der Waals surface area contributed by atoms with E-state index in [0.717, 1.165) is 22.3 Å². The van der Waals surface area contributed by atoms with E-state index in [0.29, 0.717) is 5.56 Å². The number of alkyl carbamates (subject to hydrolysis) is 1. The average molecular weight is 449 g/mol. The van der Waals surface area contributed by atoms with Crippen LogP contribution in [0.5, 0.6) is 5.75 Å². The third-order valence-electron chi connectivity index (χ3n) is 5.87. The summed E-state index contributed by atoms with van der Waals surface area (Å²) in [6.07, 6.45) is -0.447. The van der Waals surface area contributed by atoms with Crippen molar-refractivity contribution in [3.63, 3.8) is 0 Å². The topological polar surface area (TPSA) is 84.9 Å². The molecule has 0 spiro atoms. The largest absolute Gasteiger partial charge is 0.494 e. The van der Waals surface area contributed by atoms with Crippen molar-refractivity contribution in [1.82, 2.24) is 5.32 Å². The van der Waals surface area contributed by atoms with E-state index < -0.39 is 23.9 Å². The molecular weight excluding hydrogens is 425 g/mol. The molecule has 1 unspecified atom stereocenters. The number of ether oxygens (including phenoxy) is 2. The van der Waals surface area contributed by atoms with E-state index >= 15 is 0 Å². The van der Waals surface area contributed by atoms with Crippen molar-refractivity contribution in [2.24, 2.45) is 0 Å². The second-order valence-electron chi connectivity index (χ2n) is 7.87. The molecule has 0 aliphatic heterocycles. The summed E-state index contributed by atoms with van der Waals surface area (Å²) in [5, 5.41) is 11.9. The normalized spacial score (nSPS) is 13.0. The predicted molar refractivity (Wildman–Crippen MR) is 121 cm³/mol. The summed E-state index contributed by atoms with van der Waals surface area (Å²) in [7, 11) is 1.37. The Morgan fingerprint density at radius 2 is 1.67 bits per heavy atom. The number of hydrogen-bond donors (Lipinski definition) is 2. The van der Waals surface area contributed by atoms with Gasteiger partial charge in [-0.15, -0.1) is 0 Å². The van der Waals surface area contributed by atoms with Crippen LogP contribution >= 0.6 is 0 Å². The first-order valence-corrected chi connectivity index (χ1v) is 10.6. The molecule has 7 heteroatoms. The molecule has 3 aromatic rings. The van der Waals surface area contributed by atoms with Crippen molar-refractivity contribution < 1.29 is 28.6 Å². The number of carboxylic acids is 1. The summed E-state index contributed by atoms with van der Waals surface area (Å²) in [5.41, 5.74) is 4.97. The highest BCUT2D eigenvalue weighted by atomic mass is 19.1. The lowest BCUT2D eigenvalue weighted by Gasteiger charge is -2.17. The van der Waals surface area contributed by atoms with Gasteiger partial charge < -0.3 is 19.9 Å². The Morgan fingerprint density at radius 3 is 2.24 bits per heavy atom. The van der Waals surface area contributed by atoms with Crippen molar-refractivity contribution in [1.29, 1.82) is 0 Å². The van der Waals surface area contributed by atoms with Crippen molar-refractivity contribution >= 4 is 12.1 Å². The molecule has 0 saturated carbocycles. The molecule has 1 amide bonds. The lowest BCUT2D eigenvalue weighted by molar-refractivity contribution is -0.139. The third kappa shape index (κ3) is 4.82. The molecule has 1 aliphatic rings. The summed E-state index contributed by atoms with van der Waals surface area (Å²) in [5.74, 6) is -1.71. The van der Waals surface area contributed by atoms with Crippen LogP contribution in [-0.2, 0) is 16.0 Å². The van der Waals surface area contributed by atoms with Gasteiger partial charge in [0.25, 0.3) is 0 Å². The third-order valence-corrected chi connectivity index (χ3v) is 5.87. The Labute approximate surface area is 191 Å². The minimum absolute atomic E-state index is 0.0886. The van der Waals surface area contributed by atoms with Gasteiger partial charge >= 0.3 is 12.1 Å². The maximum Gasteiger partial charge on any atom is 0.407 e. The fourth-order valence-electron chi connectivity index (χ4n) is 4.22. The van der Waals surface area contributed by atoms with Crippen LogP contribution in [0, 0.1) is 5.82 Å². The van der Waals surface area contributed by atoms with Gasteiger partial charge in [0.05, 0.1) is 7.11 Å². The lowest BCUT2D eigenvalue weighted by atomic mass is 9.98. The van der Waals surface area contributed by atoms with Gasteiger partial charge in [-0.3, -0.25) is 0 Å². The summed E-state index contributed by atoms with van der Waals surface area (Å²) < 4.78 is 24.2. The molecular formula is C26H24FNO5. The van der Waals surface area contributed by atoms with Crippen LogP contribution in [0.1, 0.15) is 29.0 Å². The quantitative estimate of drug-likeness (QED) is 0.518. The van der Waals surface area contributed by atoms with Gasteiger partial charge in [0, 0.05) is 5.92 Å². The van der Waals surface area contributed by atoms with Crippen LogP contribution in [-0.4, -0.2) is 36.9 Å². The predicted octanol–water partition coefficient (Wildman–Crippen LogP) is 4.76. The van der Waals surface area contributed by atoms with Gasteiger partial charge in [0.1, 0.15) is 12.6 Å². The van der Waals surface area contributed by atoms with E-state index in [4.69, 9.17) is 9.47 Å². The van der Waals surface area contributed by atoms with Crippen molar-refractivity contribution in [3.05, 3.63) is 89.2 Å². The van der Waals surface area contributed by atoms with Crippen LogP contribution in [0.15, 0.2) is 66.7 Å². The number of carbonyl (C=O) groups is 2. The Balaban J connectivity index is 1.37. The number of nitrogens with one attached hydrogen (secondary N) is 1. The van der Waals surface area contributed by atoms with Crippen LogP contribution in [0.25, 0.3) is 11.1 Å². The molecule has 0 bridgehead atoms. The van der Waals surface area contributed by atoms with Gasteiger partial charge in [-0.25, -0.2) is 14.0 Å². The van der Waals surface area contributed by atoms with Crippen molar-refractivity contribution in [2.45, 2.75) is 24.8 Å². The van der Waals surface area contributed by atoms with Crippen LogP contribution in [0.3, 0.4) is 0 Å². The van der Waals surface area contributed by atoms with E-state index in [-0.39, 0.29) is 31.1 Å². The number of aliphatic carboxylic acids is 1. The molecule has 6 nitrogen and oxygen atoms in total. The first-order chi connectivity index (χ1) is 16.0. The summed E-state index contributed by atoms with van der Waals surface area (Å²) in [6.45, 7) is 0.0931. The summed E-state index contributed by atoms with van der Waals surface area (Å²) in [6, 6.07) is 19.2. The molecule has 33 heavy (non-hydrogen) atoms. The highest BCUT2D eigenvalue weighted by Gasteiger charge is 2.29. The monoisotopic (exact) mass is 449 g/mol. The average Bonchev–Trinajstić information content (AvgIpc) is 3.14. The van der Waals surface area contributed by atoms with Crippen molar-refractivity contribution in [2.75, 3.05) is 13.7 Å². The van der Waals surface area contributed by atoms with Crippen LogP contribution in [0.4, 0.5) is 9.18 Å². The Bertz CT molecular complexity index is 1130. The van der Waals surface area contributed by atoms with E-state index in [1.54, 1.807) is 6.07 Å². The number of halogens is 1. The second kappa shape index (κ2) is 9.73. The number of hydrogen-bond acceptors (Lipinski definition) is 4. The molecule has 3 aromatic carbocycles. The molecule has 170 valence electrons. The van der Waals surface area contributed by atoms with Gasteiger partial charge in [0.2, 0.25) is 0 Å². The minimum Gasteiger partial charge on any atom is -0.494 e. The fourth-order valence-corrected chi connectivity index (χ4v) is 4.22. The Morgan fingerprint density at radius 1 is 1.03 bits per heavy atom. The maximum absolute atomic E-state index is 13.9. The zero-order valence-electron chi connectivity index (χ0n) is 18.1. The standard InChI is InChI=1S/C26H24FNO5/c1-32-24-13-11-16(14-22(24)27)10-12-23(25(29)30)28-26(31)33-15-21-19-8-4-2-6-17(19)18-7-3-5-9-20(18)21/h2-9,11,13-14,21,23H,10,12,15H2,1H3,(H,28,31)(H,29,30). The van der Waals surface area contributed by atoms with Crippen molar-refractivity contribution in [3.8, 4) is 16.9 Å². The van der Waals surface area contributed by atoms with Gasteiger partial charge in [0.15, 0.2) is 11.6 Å². The second-order valence-corrected chi connectivity index (χ2v) is 7.87. The number of methoxy groups -OCH3 is 1. The van der Waals surface area contributed by atoms with E-state index in [1.807, 2.05) is 48.5 Å². The van der Waals surface area contributed by atoms with Crippen LogP contribution in [0.2, 0.25) is 0 Å². The van der Waals surface area contributed by atoms with Gasteiger partial charge in [-0.2, -0.15) is 0 Å². The zero-order chi connectivity index (χ0) is 23.4. The maximum atomic E-state index is 13.9. The van der Waals surface area contributed by atoms with Gasteiger partial charge in [-0.05, 0) is 52.8 Å². The van der Waals surface area contributed by atoms with E-state index in [9.17, 15) is 19.1 Å². The number of carboxylic acid groups (broad SMARTS) is 1. The highest BCUT2D eigenvalue weighted by molar-refractivity contribution is 5.81. The number of fused-ring (bicyclic) bond motifs is 3. The van der Waals surface area contributed by atoms with Crippen LogP contribution < -0.4 is 10.1 Å². The van der Waals surface area contributed by atoms with E-state index in [1.165, 1.54) is 19.2 Å². The molecule has 4 rings (SSSR count). The summed E-state index contributed by atoms with van der Waals surface area (Å²) in [4.78, 5) is 24.1. The number of benzene rings is 3. The molecule has 2 N–H and O–H groups in total. The summed E-state index contributed by atoms with van der Waals surface area (Å²) >= 11 is 0. The highest BCUT2D eigenvalue weighted by Crippen LogP contribution is 2.44. The Hall–Kier alpha value is -3.87. The number of amides is 1. The van der Waals surface area contributed by atoms with E-state index in [2.05, 4.69) is 5.32 Å². The zero-order valence-corrected chi connectivity index (χ0v) is 18.1. The first-order valence-electron chi connectivity index (χ1n) is 10.6. The number of carbonyl (C=O) groups excluding carboxylic acids is 1. The molecule has 1 atom stereocenters. The lowest BCUT2D eigenvalue weighted by Crippen LogP contribution is -2.41. The number of rotatable bonds is 8. The fraction of sp³-hybridized carbons (Fsp3) is 0.231.